The Labute approximate surface area is 419 Å². The molecule has 1 N–H and O–H groups in total. The van der Waals surface area contributed by atoms with Gasteiger partial charge in [-0.25, -0.2) is 9.03 Å². The third kappa shape index (κ3) is 11.8. The van der Waals surface area contributed by atoms with Gasteiger partial charge in [0.1, 0.15) is 24.7 Å². The molecule has 2 saturated carbocycles. The van der Waals surface area contributed by atoms with Crippen LogP contribution < -0.4 is 24.6 Å². The lowest BCUT2D eigenvalue weighted by Gasteiger charge is -2.36. The first-order chi connectivity index (χ1) is 34.5. The minimum atomic E-state index is 0. The van der Waals surface area contributed by atoms with E-state index in [0.29, 0.717) is 30.3 Å². The van der Waals surface area contributed by atoms with Crippen molar-refractivity contribution in [3.05, 3.63) is 97.6 Å². The molecule has 4 aliphatic heterocycles. The molecular weight excluding hydrogens is 891 g/mol. The first-order valence-electron chi connectivity index (χ1n) is 26.1. The molecular formula is C56H73N11O4. The fourth-order valence-electron chi connectivity index (χ4n) is 10.6. The summed E-state index contributed by atoms with van der Waals surface area (Å²) in [5, 5.41) is 12.5. The van der Waals surface area contributed by atoms with E-state index in [9.17, 15) is 9.59 Å². The van der Waals surface area contributed by atoms with Gasteiger partial charge in [-0.15, -0.1) is 0 Å². The molecule has 0 atom stereocenters. The van der Waals surface area contributed by atoms with Gasteiger partial charge in [-0.05, 0) is 111 Å². The van der Waals surface area contributed by atoms with Crippen LogP contribution in [0.5, 0.6) is 11.5 Å². The van der Waals surface area contributed by atoms with Crippen LogP contribution in [0.3, 0.4) is 0 Å². The van der Waals surface area contributed by atoms with Crippen molar-refractivity contribution in [2.75, 3.05) is 128 Å². The van der Waals surface area contributed by atoms with E-state index in [1.807, 2.05) is 31.2 Å². The number of fused-ring (bicyclic) bond motifs is 2. The van der Waals surface area contributed by atoms with Gasteiger partial charge in [0.2, 0.25) is 11.8 Å². The average molecular weight is 964 g/mol. The summed E-state index contributed by atoms with van der Waals surface area (Å²) < 4.78 is 15.9. The molecule has 8 heterocycles. The molecule has 15 heteroatoms. The maximum Gasteiger partial charge on any atom is 0.225 e. The molecule has 6 aromatic rings. The van der Waals surface area contributed by atoms with Crippen molar-refractivity contribution in [1.29, 1.82) is 0 Å². The number of rotatable bonds is 14. The molecule has 2 aliphatic carbocycles. The van der Waals surface area contributed by atoms with Gasteiger partial charge in [0.15, 0.2) is 0 Å². The van der Waals surface area contributed by atoms with Gasteiger partial charge in [0, 0.05) is 139 Å². The predicted molar refractivity (Wildman–Crippen MR) is 282 cm³/mol. The van der Waals surface area contributed by atoms with E-state index >= 15 is 0 Å². The standard InChI is InChI=1S/C28H35N5O2.C27H34N6O2.CH4/c34-28(23-4-5-23)32-16-14-31(15-17-32)26-10-11-29-33-21-24(20-27(26)33)22-6-8-25(9-7-22)35-19-18-30-12-2-1-3-13-30;34-27(22-1-2-22)32-15-13-31(14-16-32)25-7-8-29-33-20-23(19-26(25)33)21-3-5-24(6-4-21)35-18-17-30-11-9-28-10-12-30;/h6-11,20-21,23H,1-5,12-19H2;3-8,19-20,22,28H,1-2,9-18H2;1H4. The first-order valence-corrected chi connectivity index (χ1v) is 26.1. The van der Waals surface area contributed by atoms with E-state index in [1.165, 1.54) is 43.7 Å². The Balaban J connectivity index is 0.000000162. The fourth-order valence-corrected chi connectivity index (χ4v) is 10.6. The van der Waals surface area contributed by atoms with Gasteiger partial charge in [0.05, 0.1) is 22.4 Å². The topological polar surface area (TPSA) is 119 Å². The van der Waals surface area contributed by atoms with Crippen molar-refractivity contribution < 1.29 is 19.1 Å². The number of piperidine rings is 1. The van der Waals surface area contributed by atoms with Crippen LogP contribution in [0, 0.1) is 11.8 Å². The first kappa shape index (κ1) is 48.5. The lowest BCUT2D eigenvalue weighted by Crippen LogP contribution is -2.49. The van der Waals surface area contributed by atoms with Crippen LogP contribution in [0.1, 0.15) is 52.4 Å². The Bertz CT molecular complexity index is 2500. The minimum absolute atomic E-state index is 0. The number of amides is 2. The Morgan fingerprint density at radius 2 is 0.930 bits per heavy atom. The number of carbonyl (C=O) groups is 2. The summed E-state index contributed by atoms with van der Waals surface area (Å²) in [6, 6.07) is 25.4. The van der Waals surface area contributed by atoms with E-state index < -0.39 is 0 Å². The lowest BCUT2D eigenvalue weighted by molar-refractivity contribution is -0.133. The second-order valence-corrected chi connectivity index (χ2v) is 20.0. The number of hydrogen-bond acceptors (Lipinski definition) is 11. The number of hydrogen-bond donors (Lipinski definition) is 1. The maximum atomic E-state index is 12.4. The molecule has 0 spiro atoms. The normalized spacial score (nSPS) is 19.0. The lowest BCUT2D eigenvalue weighted by atomic mass is 10.1. The van der Waals surface area contributed by atoms with Crippen molar-refractivity contribution in [2.45, 2.75) is 52.4 Å². The summed E-state index contributed by atoms with van der Waals surface area (Å²) >= 11 is 0. The molecule has 0 unspecified atom stereocenters. The molecule has 0 bridgehead atoms. The summed E-state index contributed by atoms with van der Waals surface area (Å²) in [5.74, 6) is 3.14. The molecule has 4 aromatic heterocycles. The molecule has 376 valence electrons. The number of nitrogens with one attached hydrogen (secondary N) is 1. The number of carbonyl (C=O) groups excluding carboxylic acids is 2. The number of benzene rings is 2. The highest BCUT2D eigenvalue weighted by atomic mass is 16.5. The van der Waals surface area contributed by atoms with Crippen LogP contribution in [-0.2, 0) is 9.59 Å². The average Bonchev–Trinajstić information content (AvgIpc) is 4.36. The summed E-state index contributed by atoms with van der Waals surface area (Å²) in [6.45, 7) is 16.8. The number of ether oxygens (including phenoxy) is 2. The smallest absolute Gasteiger partial charge is 0.225 e. The molecule has 2 aromatic carbocycles. The minimum Gasteiger partial charge on any atom is -0.492 e. The third-order valence-electron chi connectivity index (χ3n) is 15.1. The zero-order valence-electron chi connectivity index (χ0n) is 40.7. The van der Waals surface area contributed by atoms with Crippen molar-refractivity contribution in [3.8, 4) is 33.8 Å². The Kier molecular flexibility index (Phi) is 15.4. The van der Waals surface area contributed by atoms with Gasteiger partial charge in [-0.2, -0.15) is 10.2 Å². The third-order valence-corrected chi connectivity index (χ3v) is 15.1. The number of likely N-dealkylation sites (tertiary alicyclic amines) is 1. The summed E-state index contributed by atoms with van der Waals surface area (Å²) in [5.41, 5.74) is 9.15. The van der Waals surface area contributed by atoms with Crippen molar-refractivity contribution in [2.24, 2.45) is 11.8 Å². The highest BCUT2D eigenvalue weighted by Gasteiger charge is 2.36. The maximum absolute atomic E-state index is 12.4. The molecule has 15 nitrogen and oxygen atoms in total. The van der Waals surface area contributed by atoms with Crippen LogP contribution in [0.25, 0.3) is 33.3 Å². The second-order valence-electron chi connectivity index (χ2n) is 20.0. The zero-order valence-corrected chi connectivity index (χ0v) is 40.7. The van der Waals surface area contributed by atoms with Crippen LogP contribution in [0.4, 0.5) is 11.4 Å². The van der Waals surface area contributed by atoms with Crippen LogP contribution >= 0.6 is 0 Å². The van der Waals surface area contributed by atoms with Crippen molar-refractivity contribution >= 4 is 34.2 Å². The van der Waals surface area contributed by atoms with Gasteiger partial charge in [-0.1, -0.05) is 38.1 Å². The quantitative estimate of drug-likeness (QED) is 0.123. The summed E-state index contributed by atoms with van der Waals surface area (Å²) in [7, 11) is 0. The Hall–Kier alpha value is -6.16. The van der Waals surface area contributed by atoms with Gasteiger partial charge < -0.3 is 34.4 Å². The Morgan fingerprint density at radius 1 is 0.507 bits per heavy atom. The van der Waals surface area contributed by atoms with E-state index in [1.54, 1.807) is 0 Å². The van der Waals surface area contributed by atoms with Crippen molar-refractivity contribution in [1.82, 2.24) is 44.1 Å². The molecule has 71 heavy (non-hydrogen) atoms. The number of piperazine rings is 3. The molecule has 2 amide bonds. The van der Waals surface area contributed by atoms with E-state index in [4.69, 9.17) is 9.47 Å². The van der Waals surface area contributed by atoms with Gasteiger partial charge in [0.25, 0.3) is 0 Å². The highest BCUT2D eigenvalue weighted by molar-refractivity contribution is 5.84. The fraction of sp³-hybridized carbons (Fsp3) is 0.500. The van der Waals surface area contributed by atoms with Crippen LogP contribution in [0.2, 0.25) is 0 Å². The highest BCUT2D eigenvalue weighted by Crippen LogP contribution is 2.35. The summed E-state index contributed by atoms with van der Waals surface area (Å²) in [4.78, 5) is 38.6. The summed E-state index contributed by atoms with van der Waals surface area (Å²) in [6.07, 6.45) is 16.2. The Morgan fingerprint density at radius 3 is 1.35 bits per heavy atom. The molecule has 6 aliphatic rings. The number of nitrogens with zero attached hydrogens (tertiary/aromatic N) is 10. The van der Waals surface area contributed by atoms with Gasteiger partial charge in [-0.3, -0.25) is 19.4 Å². The number of anilines is 2. The molecule has 12 rings (SSSR count). The number of aromatic nitrogens is 4. The van der Waals surface area contributed by atoms with E-state index in [0.717, 1.165) is 169 Å². The van der Waals surface area contributed by atoms with E-state index in [-0.39, 0.29) is 7.43 Å². The molecule has 4 saturated heterocycles. The van der Waals surface area contributed by atoms with E-state index in [2.05, 4.69) is 120 Å². The second kappa shape index (κ2) is 22.5. The monoisotopic (exact) mass is 964 g/mol. The van der Waals surface area contributed by atoms with Crippen molar-refractivity contribution in [3.63, 3.8) is 0 Å². The molecule has 0 radical (unpaired) electrons. The van der Waals surface area contributed by atoms with Crippen LogP contribution in [0.15, 0.2) is 97.6 Å². The molecule has 6 fully saturated rings. The SMILES string of the molecule is C.O=C(C1CC1)N1CCN(c2ccnn3cc(-c4ccc(OCCN5CCCCC5)cc4)cc23)CC1.O=C(C1CC1)N1CCN(c2ccnn3cc(-c4ccc(OCCN5CCNCC5)cc4)cc23)CC1. The zero-order chi connectivity index (χ0) is 47.2. The largest absolute Gasteiger partial charge is 0.492 e. The predicted octanol–water partition coefficient (Wildman–Crippen LogP) is 6.90. The van der Waals surface area contributed by atoms with Gasteiger partial charge >= 0.3 is 0 Å². The van der Waals surface area contributed by atoms with Crippen LogP contribution in [-0.4, -0.2) is 169 Å².